The summed E-state index contributed by atoms with van der Waals surface area (Å²) in [5.74, 6) is 0. The number of hydrogen-bond donors (Lipinski definition) is 1. The first-order valence-electron chi connectivity index (χ1n) is 5.65. The van der Waals surface area contributed by atoms with Crippen LogP contribution < -0.4 is 5.32 Å². The van der Waals surface area contributed by atoms with Gasteiger partial charge in [0.25, 0.3) is 5.69 Å². The van der Waals surface area contributed by atoms with Gasteiger partial charge < -0.3 is 5.32 Å². The molecule has 1 aromatic carbocycles. The fourth-order valence-electron chi connectivity index (χ4n) is 1.54. The maximum absolute atomic E-state index is 10.9. The Morgan fingerprint density at radius 2 is 2.26 bits per heavy atom. The summed E-state index contributed by atoms with van der Waals surface area (Å²) in [6.07, 6.45) is 1.45. The highest BCUT2D eigenvalue weighted by Gasteiger charge is 2.12. The molecule has 1 heterocycles. The lowest BCUT2D eigenvalue weighted by molar-refractivity contribution is -0.385. The van der Waals surface area contributed by atoms with Crippen LogP contribution in [0.5, 0.6) is 0 Å². The molecule has 8 heteroatoms. The number of aromatic nitrogens is 3. The highest BCUT2D eigenvalue weighted by Crippen LogP contribution is 2.31. The van der Waals surface area contributed by atoms with Crippen molar-refractivity contribution in [2.75, 3.05) is 11.9 Å². The van der Waals surface area contributed by atoms with E-state index in [0.29, 0.717) is 11.7 Å². The summed E-state index contributed by atoms with van der Waals surface area (Å²) in [7, 11) is 1.78. The van der Waals surface area contributed by atoms with Crippen LogP contribution in [-0.2, 0) is 7.05 Å². The molecule has 1 N–H and O–H groups in total. The van der Waals surface area contributed by atoms with E-state index in [4.69, 9.17) is 0 Å². The quantitative estimate of drug-likeness (QED) is 0.667. The molecule has 0 bridgehead atoms. The number of nitrogens with zero attached hydrogens (tertiary/aromatic N) is 4. The van der Waals surface area contributed by atoms with Crippen LogP contribution in [0.3, 0.4) is 0 Å². The van der Waals surface area contributed by atoms with Crippen molar-refractivity contribution in [1.29, 1.82) is 0 Å². The lowest BCUT2D eigenvalue weighted by Gasteiger charge is -2.06. The van der Waals surface area contributed by atoms with Gasteiger partial charge in [0, 0.05) is 36.3 Å². The van der Waals surface area contributed by atoms with Gasteiger partial charge in [-0.25, -0.2) is 9.67 Å². The van der Waals surface area contributed by atoms with Crippen molar-refractivity contribution in [3.8, 4) is 0 Å². The number of non-ortho nitro benzene ring substituents is 1. The fraction of sp³-hybridized carbons (Fsp3) is 0.273. The van der Waals surface area contributed by atoms with Gasteiger partial charge in [-0.15, -0.1) is 0 Å². The van der Waals surface area contributed by atoms with E-state index in [1.165, 1.54) is 30.2 Å². The van der Waals surface area contributed by atoms with Gasteiger partial charge in [0.15, 0.2) is 5.16 Å². The number of nitro benzene ring substituents is 1. The van der Waals surface area contributed by atoms with E-state index < -0.39 is 4.92 Å². The van der Waals surface area contributed by atoms with Crippen LogP contribution >= 0.6 is 11.8 Å². The molecular weight excluding hydrogens is 266 g/mol. The van der Waals surface area contributed by atoms with E-state index in [-0.39, 0.29) is 5.69 Å². The predicted molar refractivity (Wildman–Crippen MR) is 72.4 cm³/mol. The summed E-state index contributed by atoms with van der Waals surface area (Å²) < 4.78 is 1.62. The van der Waals surface area contributed by atoms with Crippen molar-refractivity contribution in [1.82, 2.24) is 14.8 Å². The number of nitrogens with one attached hydrogen (secondary N) is 1. The van der Waals surface area contributed by atoms with Crippen LogP contribution in [-0.4, -0.2) is 26.2 Å². The summed E-state index contributed by atoms with van der Waals surface area (Å²) in [6, 6.07) is 4.90. The molecule has 2 rings (SSSR count). The van der Waals surface area contributed by atoms with E-state index in [1.54, 1.807) is 11.7 Å². The largest absolute Gasteiger partial charge is 0.385 e. The van der Waals surface area contributed by atoms with E-state index in [9.17, 15) is 10.1 Å². The van der Waals surface area contributed by atoms with Crippen LogP contribution in [0.15, 0.2) is 34.6 Å². The monoisotopic (exact) mass is 279 g/mol. The summed E-state index contributed by atoms with van der Waals surface area (Å²) in [5, 5.41) is 18.6. The van der Waals surface area contributed by atoms with E-state index >= 15 is 0 Å². The van der Waals surface area contributed by atoms with Crippen molar-refractivity contribution in [2.24, 2.45) is 7.05 Å². The Morgan fingerprint density at radius 3 is 2.84 bits per heavy atom. The minimum absolute atomic E-state index is 0.0584. The number of nitro groups is 1. The third-order valence-corrected chi connectivity index (χ3v) is 3.39. The number of anilines is 1. The van der Waals surface area contributed by atoms with Gasteiger partial charge in [0.05, 0.1) is 4.92 Å². The van der Waals surface area contributed by atoms with Gasteiger partial charge in [-0.05, 0) is 24.8 Å². The van der Waals surface area contributed by atoms with Gasteiger partial charge in [-0.1, -0.05) is 0 Å². The van der Waals surface area contributed by atoms with Crippen molar-refractivity contribution >= 4 is 23.1 Å². The molecule has 0 aliphatic carbocycles. The Labute approximate surface area is 114 Å². The molecule has 0 fully saturated rings. The minimum Gasteiger partial charge on any atom is -0.385 e. The maximum atomic E-state index is 10.9. The molecule has 0 saturated heterocycles. The SMILES string of the molecule is CCNc1cc(Sc2ncnn2C)cc([N+](=O)[O-])c1. The highest BCUT2D eigenvalue weighted by atomic mass is 32.2. The Morgan fingerprint density at radius 1 is 1.47 bits per heavy atom. The molecule has 100 valence electrons. The Bertz CT molecular complexity index is 599. The van der Waals surface area contributed by atoms with E-state index in [0.717, 1.165) is 10.6 Å². The zero-order valence-electron chi connectivity index (χ0n) is 10.5. The van der Waals surface area contributed by atoms with Crippen molar-refractivity contribution in [3.05, 3.63) is 34.6 Å². The van der Waals surface area contributed by atoms with E-state index in [2.05, 4.69) is 15.4 Å². The molecule has 0 unspecified atom stereocenters. The molecule has 2 aromatic rings. The first-order chi connectivity index (χ1) is 9.10. The van der Waals surface area contributed by atoms with Crippen molar-refractivity contribution in [2.45, 2.75) is 17.0 Å². The number of rotatable bonds is 5. The molecule has 0 amide bonds. The second-order valence-electron chi connectivity index (χ2n) is 3.77. The number of hydrogen-bond acceptors (Lipinski definition) is 6. The first-order valence-corrected chi connectivity index (χ1v) is 6.47. The highest BCUT2D eigenvalue weighted by molar-refractivity contribution is 7.99. The summed E-state index contributed by atoms with van der Waals surface area (Å²) >= 11 is 1.34. The van der Waals surface area contributed by atoms with Crippen LogP contribution in [0.1, 0.15) is 6.92 Å². The zero-order valence-corrected chi connectivity index (χ0v) is 11.3. The van der Waals surface area contributed by atoms with E-state index in [1.807, 2.05) is 13.0 Å². The lowest BCUT2D eigenvalue weighted by Crippen LogP contribution is -1.98. The fourth-order valence-corrected chi connectivity index (χ4v) is 2.39. The molecule has 0 aliphatic heterocycles. The molecule has 1 aromatic heterocycles. The van der Waals surface area contributed by atoms with Crippen LogP contribution in [0.2, 0.25) is 0 Å². The van der Waals surface area contributed by atoms with Crippen molar-refractivity contribution in [3.63, 3.8) is 0 Å². The van der Waals surface area contributed by atoms with Gasteiger partial charge in [0.1, 0.15) is 6.33 Å². The maximum Gasteiger partial charge on any atom is 0.272 e. The molecule has 0 saturated carbocycles. The minimum atomic E-state index is -0.401. The average molecular weight is 279 g/mol. The molecule has 7 nitrogen and oxygen atoms in total. The van der Waals surface area contributed by atoms with Gasteiger partial charge >= 0.3 is 0 Å². The number of benzene rings is 1. The molecule has 0 aliphatic rings. The average Bonchev–Trinajstić information content (AvgIpc) is 2.75. The normalized spacial score (nSPS) is 10.4. The Kier molecular flexibility index (Phi) is 4.00. The molecule has 0 radical (unpaired) electrons. The molecular formula is C11H13N5O2S. The van der Waals surface area contributed by atoms with Crippen molar-refractivity contribution < 1.29 is 4.92 Å². The Balaban J connectivity index is 2.33. The van der Waals surface area contributed by atoms with Crippen LogP contribution in [0.25, 0.3) is 0 Å². The summed E-state index contributed by atoms with van der Waals surface area (Å²) in [4.78, 5) is 15.4. The predicted octanol–water partition coefficient (Wildman–Crippen LogP) is 2.31. The van der Waals surface area contributed by atoms with Crippen LogP contribution in [0, 0.1) is 10.1 Å². The molecule has 19 heavy (non-hydrogen) atoms. The molecule has 0 atom stereocenters. The standard InChI is InChI=1S/C11H13N5O2S/c1-3-12-8-4-9(16(17)18)6-10(5-8)19-11-13-7-14-15(11)2/h4-7,12H,3H2,1-2H3. The zero-order chi connectivity index (χ0) is 13.8. The Hall–Kier alpha value is -2.09. The van der Waals surface area contributed by atoms with Crippen LogP contribution in [0.4, 0.5) is 11.4 Å². The summed E-state index contributed by atoms with van der Waals surface area (Å²) in [5.41, 5.74) is 0.782. The number of aryl methyl sites for hydroxylation is 1. The topological polar surface area (TPSA) is 85.9 Å². The second-order valence-corrected chi connectivity index (χ2v) is 4.81. The van der Waals surface area contributed by atoms with Gasteiger partial charge in [0.2, 0.25) is 0 Å². The van der Waals surface area contributed by atoms with Gasteiger partial charge in [-0.2, -0.15) is 5.10 Å². The third kappa shape index (κ3) is 3.22. The van der Waals surface area contributed by atoms with Gasteiger partial charge in [-0.3, -0.25) is 10.1 Å². The lowest BCUT2D eigenvalue weighted by atomic mass is 10.3. The first kappa shape index (κ1) is 13.3. The summed E-state index contributed by atoms with van der Waals surface area (Å²) in [6.45, 7) is 2.64. The molecule has 0 spiro atoms. The second kappa shape index (κ2) is 5.70. The third-order valence-electron chi connectivity index (χ3n) is 2.36. The smallest absolute Gasteiger partial charge is 0.272 e.